The Morgan fingerprint density at radius 2 is 1.86 bits per heavy atom. The van der Waals surface area contributed by atoms with Crippen LogP contribution in [0.4, 0.5) is 0 Å². The zero-order chi connectivity index (χ0) is 14.8. The van der Waals surface area contributed by atoms with Crippen LogP contribution in [-0.2, 0) is 26.4 Å². The van der Waals surface area contributed by atoms with Gasteiger partial charge in [0.2, 0.25) is 0 Å². The molecule has 1 aliphatic rings. The fourth-order valence-corrected chi connectivity index (χ4v) is 2.95. The summed E-state index contributed by atoms with van der Waals surface area (Å²) in [6.45, 7) is 5.37. The molecule has 0 aliphatic heterocycles. The highest BCUT2D eigenvalue weighted by Crippen LogP contribution is 2.28. The molecular weight excluding hydrogens is 258 g/mol. The third-order valence-corrected chi connectivity index (χ3v) is 4.32. The zero-order valence-corrected chi connectivity index (χ0v) is 13.3. The van der Waals surface area contributed by atoms with Gasteiger partial charge in [-0.15, -0.1) is 0 Å². The molecule has 3 nitrogen and oxygen atoms in total. The van der Waals surface area contributed by atoms with E-state index in [1.165, 1.54) is 40.9 Å². The number of aryl methyl sites for hydroxylation is 2. The average Bonchev–Trinajstić information content (AvgIpc) is 3.28. The predicted octanol–water partition coefficient (Wildman–Crippen LogP) is 3.46. The van der Waals surface area contributed by atoms with Crippen LogP contribution in [0.15, 0.2) is 24.3 Å². The molecule has 0 spiro atoms. The summed E-state index contributed by atoms with van der Waals surface area (Å²) in [4.78, 5) is 0. The van der Waals surface area contributed by atoms with Crippen molar-refractivity contribution in [3.05, 3.63) is 41.2 Å². The number of aromatic nitrogens is 2. The molecule has 1 aromatic carbocycles. The van der Waals surface area contributed by atoms with Crippen molar-refractivity contribution < 1.29 is 0 Å². The monoisotopic (exact) mass is 283 g/mol. The van der Waals surface area contributed by atoms with Crippen molar-refractivity contribution in [2.75, 3.05) is 0 Å². The van der Waals surface area contributed by atoms with Crippen molar-refractivity contribution in [1.29, 1.82) is 0 Å². The first-order chi connectivity index (χ1) is 10.2. The number of hydrogen-bond acceptors (Lipinski definition) is 2. The van der Waals surface area contributed by atoms with Gasteiger partial charge in [0.15, 0.2) is 0 Å². The second kappa shape index (κ2) is 6.02. The van der Waals surface area contributed by atoms with Crippen LogP contribution in [0, 0.1) is 0 Å². The number of rotatable bonds is 6. The number of benzene rings is 1. The van der Waals surface area contributed by atoms with Gasteiger partial charge in [0, 0.05) is 30.9 Å². The quantitative estimate of drug-likeness (QED) is 0.880. The van der Waals surface area contributed by atoms with Crippen molar-refractivity contribution in [2.24, 2.45) is 7.05 Å². The molecule has 1 saturated carbocycles. The molecule has 112 valence electrons. The molecule has 0 bridgehead atoms. The largest absolute Gasteiger partial charge is 0.310 e. The van der Waals surface area contributed by atoms with Gasteiger partial charge in [0.1, 0.15) is 0 Å². The van der Waals surface area contributed by atoms with E-state index in [2.05, 4.69) is 55.6 Å². The fraction of sp³-hybridized carbons (Fsp3) is 0.500. The highest BCUT2D eigenvalue weighted by molar-refractivity contribution is 5.69. The normalized spacial score (nSPS) is 14.6. The van der Waals surface area contributed by atoms with Crippen molar-refractivity contribution >= 4 is 0 Å². The summed E-state index contributed by atoms with van der Waals surface area (Å²) in [5.74, 6) is 0. The summed E-state index contributed by atoms with van der Waals surface area (Å²) >= 11 is 0. The Morgan fingerprint density at radius 1 is 1.14 bits per heavy atom. The molecule has 1 aliphatic carbocycles. The Hall–Kier alpha value is -1.61. The van der Waals surface area contributed by atoms with Gasteiger partial charge in [0.25, 0.3) is 0 Å². The van der Waals surface area contributed by atoms with Crippen molar-refractivity contribution in [3.8, 4) is 11.1 Å². The van der Waals surface area contributed by atoms with Gasteiger partial charge in [-0.2, -0.15) is 5.10 Å². The molecule has 1 aromatic heterocycles. The Labute approximate surface area is 127 Å². The molecule has 0 atom stereocenters. The third-order valence-electron chi connectivity index (χ3n) is 4.32. The molecular formula is C18H25N3. The predicted molar refractivity (Wildman–Crippen MR) is 87.3 cm³/mol. The average molecular weight is 283 g/mol. The minimum Gasteiger partial charge on any atom is -0.310 e. The van der Waals surface area contributed by atoms with Gasteiger partial charge in [-0.25, -0.2) is 0 Å². The van der Waals surface area contributed by atoms with E-state index in [0.29, 0.717) is 0 Å². The van der Waals surface area contributed by atoms with Crippen LogP contribution >= 0.6 is 0 Å². The minimum atomic E-state index is 0.765. The van der Waals surface area contributed by atoms with Crippen LogP contribution in [0.5, 0.6) is 0 Å². The van der Waals surface area contributed by atoms with E-state index in [1.54, 1.807) is 0 Å². The highest BCUT2D eigenvalue weighted by atomic mass is 15.3. The summed E-state index contributed by atoms with van der Waals surface area (Å²) in [6.07, 6.45) is 4.68. The van der Waals surface area contributed by atoms with Crippen LogP contribution < -0.4 is 5.32 Å². The van der Waals surface area contributed by atoms with E-state index in [4.69, 9.17) is 0 Å². The lowest BCUT2D eigenvalue weighted by atomic mass is 9.99. The maximum atomic E-state index is 4.67. The van der Waals surface area contributed by atoms with Crippen LogP contribution in [0.2, 0.25) is 0 Å². The Kier molecular flexibility index (Phi) is 4.11. The van der Waals surface area contributed by atoms with E-state index in [9.17, 15) is 0 Å². The maximum Gasteiger partial charge on any atom is 0.0703 e. The van der Waals surface area contributed by atoms with E-state index in [-0.39, 0.29) is 0 Å². The molecule has 1 heterocycles. The number of nitrogens with one attached hydrogen (secondary N) is 1. The molecule has 1 N–H and O–H groups in total. The Bertz CT molecular complexity index is 606. The van der Waals surface area contributed by atoms with Gasteiger partial charge in [-0.05, 0) is 36.8 Å². The molecule has 1 fully saturated rings. The molecule has 21 heavy (non-hydrogen) atoms. The van der Waals surface area contributed by atoms with Crippen molar-refractivity contribution in [3.63, 3.8) is 0 Å². The second-order valence-electron chi connectivity index (χ2n) is 5.95. The summed E-state index contributed by atoms with van der Waals surface area (Å²) < 4.78 is 2.04. The fourth-order valence-electron chi connectivity index (χ4n) is 2.95. The van der Waals surface area contributed by atoms with Crippen LogP contribution in [0.3, 0.4) is 0 Å². The van der Waals surface area contributed by atoms with E-state index < -0.39 is 0 Å². The lowest BCUT2D eigenvalue weighted by Gasteiger charge is -2.08. The first kappa shape index (κ1) is 14.3. The molecule has 0 amide bonds. The van der Waals surface area contributed by atoms with E-state index in [0.717, 1.165) is 25.4 Å². The van der Waals surface area contributed by atoms with Gasteiger partial charge in [-0.3, -0.25) is 4.68 Å². The topological polar surface area (TPSA) is 29.9 Å². The van der Waals surface area contributed by atoms with Crippen LogP contribution in [-0.4, -0.2) is 15.8 Å². The number of hydrogen-bond donors (Lipinski definition) is 1. The molecule has 0 saturated heterocycles. The Morgan fingerprint density at radius 3 is 2.43 bits per heavy atom. The number of nitrogens with zero attached hydrogens (tertiary/aromatic N) is 2. The minimum absolute atomic E-state index is 0.765. The first-order valence-electron chi connectivity index (χ1n) is 8.10. The summed E-state index contributed by atoms with van der Waals surface area (Å²) in [5.41, 5.74) is 6.54. The van der Waals surface area contributed by atoms with Crippen LogP contribution in [0.1, 0.15) is 43.6 Å². The van der Waals surface area contributed by atoms with Gasteiger partial charge < -0.3 is 5.32 Å². The van der Waals surface area contributed by atoms with Gasteiger partial charge in [0.05, 0.1) is 5.69 Å². The summed E-state index contributed by atoms with van der Waals surface area (Å²) in [7, 11) is 2.05. The molecule has 0 radical (unpaired) electrons. The Balaban J connectivity index is 1.85. The third kappa shape index (κ3) is 3.03. The SMILES string of the molecule is CCc1nn(C)c(CC)c1-c1ccc(CNC2CC2)cc1. The molecule has 3 rings (SSSR count). The van der Waals surface area contributed by atoms with Crippen molar-refractivity contribution in [1.82, 2.24) is 15.1 Å². The zero-order valence-electron chi connectivity index (χ0n) is 13.3. The van der Waals surface area contributed by atoms with E-state index >= 15 is 0 Å². The maximum absolute atomic E-state index is 4.67. The molecule has 2 aromatic rings. The highest BCUT2D eigenvalue weighted by Gasteiger charge is 2.20. The lowest BCUT2D eigenvalue weighted by molar-refractivity contribution is 0.688. The second-order valence-corrected chi connectivity index (χ2v) is 5.95. The first-order valence-corrected chi connectivity index (χ1v) is 8.10. The van der Waals surface area contributed by atoms with Crippen molar-refractivity contribution in [2.45, 2.75) is 52.1 Å². The standard InChI is InChI=1S/C18H25N3/c1-4-16-18(17(5-2)21(3)20-16)14-8-6-13(7-9-14)12-19-15-10-11-15/h6-9,15,19H,4-5,10-12H2,1-3H3. The lowest BCUT2D eigenvalue weighted by Crippen LogP contribution is -2.15. The van der Waals surface area contributed by atoms with Gasteiger partial charge >= 0.3 is 0 Å². The van der Waals surface area contributed by atoms with Gasteiger partial charge in [-0.1, -0.05) is 38.1 Å². The molecule has 3 heteroatoms. The smallest absolute Gasteiger partial charge is 0.0703 e. The molecule has 0 unspecified atom stereocenters. The van der Waals surface area contributed by atoms with Crippen LogP contribution in [0.25, 0.3) is 11.1 Å². The summed E-state index contributed by atoms with van der Waals surface area (Å²) in [6, 6.07) is 9.76. The summed E-state index contributed by atoms with van der Waals surface area (Å²) in [5, 5.41) is 8.24. The van der Waals surface area contributed by atoms with E-state index in [1.807, 2.05) is 4.68 Å².